The van der Waals surface area contributed by atoms with Gasteiger partial charge in [0.05, 0.1) is 0 Å². The Morgan fingerprint density at radius 3 is 0.917 bits per heavy atom. The monoisotopic (exact) mass is 337 g/mol. The summed E-state index contributed by atoms with van der Waals surface area (Å²) in [6.07, 6.45) is 28.8. The van der Waals surface area contributed by atoms with E-state index in [2.05, 4.69) is 20.8 Å². The molecule has 24 heavy (non-hydrogen) atoms. The quantitative estimate of drug-likeness (QED) is 0.194. The molecule has 0 unspecified atom stereocenters. The van der Waals surface area contributed by atoms with Crippen LogP contribution in [0.4, 0.5) is 0 Å². The molecule has 0 bridgehead atoms. The van der Waals surface area contributed by atoms with Gasteiger partial charge < -0.3 is 0 Å². The van der Waals surface area contributed by atoms with Gasteiger partial charge in [-0.25, -0.2) is 0 Å². The van der Waals surface area contributed by atoms with Crippen molar-refractivity contribution < 1.29 is 0 Å². The van der Waals surface area contributed by atoms with Gasteiger partial charge in [0.15, 0.2) is 0 Å². The molecule has 0 atom stereocenters. The van der Waals surface area contributed by atoms with Crippen LogP contribution in [0.3, 0.4) is 0 Å². The summed E-state index contributed by atoms with van der Waals surface area (Å²) < 4.78 is 0. The Morgan fingerprint density at radius 1 is 0.333 bits per heavy atom. The van der Waals surface area contributed by atoms with Gasteiger partial charge in [-0.3, -0.25) is 0 Å². The molecule has 0 spiro atoms. The highest BCUT2D eigenvalue weighted by molar-refractivity contribution is 4.89. The van der Waals surface area contributed by atoms with Crippen molar-refractivity contribution in [2.24, 2.45) is 0 Å². The van der Waals surface area contributed by atoms with Crippen molar-refractivity contribution in [3.63, 3.8) is 0 Å². The van der Waals surface area contributed by atoms with Crippen molar-refractivity contribution >= 4 is 0 Å². The second-order valence-corrected chi connectivity index (χ2v) is 7.95. The van der Waals surface area contributed by atoms with E-state index in [4.69, 9.17) is 0 Å². The molecule has 0 N–H and O–H groups in total. The first-order chi connectivity index (χ1) is 11.8. The molecule has 0 nitrogen and oxygen atoms in total. The standard InChI is InChI=1S/C24H49/c1-4-7-10-13-15-17-20-23-24(21-18-12-9-6-3)22-19-16-14-11-8-5-2/h4-23H2,1-3H3. The molecule has 0 aromatic carbocycles. The van der Waals surface area contributed by atoms with Gasteiger partial charge in [0, 0.05) is 0 Å². The molecule has 0 saturated heterocycles. The fraction of sp³-hybridized carbons (Fsp3) is 0.958. The first-order valence-corrected chi connectivity index (χ1v) is 11.7. The lowest BCUT2D eigenvalue weighted by atomic mass is 9.89. The van der Waals surface area contributed by atoms with Gasteiger partial charge in [0.1, 0.15) is 0 Å². The summed E-state index contributed by atoms with van der Waals surface area (Å²) in [6.45, 7) is 6.94. The number of hydrogen-bond acceptors (Lipinski definition) is 0. The van der Waals surface area contributed by atoms with Gasteiger partial charge >= 0.3 is 0 Å². The lowest BCUT2D eigenvalue weighted by Crippen LogP contribution is -1.99. The molecule has 1 radical (unpaired) electrons. The van der Waals surface area contributed by atoms with Crippen LogP contribution in [0.25, 0.3) is 0 Å². The van der Waals surface area contributed by atoms with Crippen molar-refractivity contribution in [3.05, 3.63) is 5.92 Å². The first kappa shape index (κ1) is 24.0. The highest BCUT2D eigenvalue weighted by atomic mass is 14.1. The molecule has 0 saturated carbocycles. The lowest BCUT2D eigenvalue weighted by molar-refractivity contribution is 0.515. The van der Waals surface area contributed by atoms with E-state index in [1.54, 1.807) is 0 Å². The van der Waals surface area contributed by atoms with E-state index in [9.17, 15) is 0 Å². The summed E-state index contributed by atoms with van der Waals surface area (Å²) in [4.78, 5) is 0. The van der Waals surface area contributed by atoms with Crippen LogP contribution < -0.4 is 0 Å². The van der Waals surface area contributed by atoms with Crippen molar-refractivity contribution in [3.8, 4) is 0 Å². The van der Waals surface area contributed by atoms with Crippen molar-refractivity contribution in [2.75, 3.05) is 0 Å². The fourth-order valence-corrected chi connectivity index (χ4v) is 3.66. The van der Waals surface area contributed by atoms with Crippen molar-refractivity contribution in [1.82, 2.24) is 0 Å². The van der Waals surface area contributed by atoms with E-state index >= 15 is 0 Å². The maximum absolute atomic E-state index is 2.32. The third kappa shape index (κ3) is 18.3. The largest absolute Gasteiger partial charge is 0.0654 e. The summed E-state index contributed by atoms with van der Waals surface area (Å²) in [5, 5.41) is 0. The Kier molecular flexibility index (Phi) is 21.0. The third-order valence-electron chi connectivity index (χ3n) is 5.40. The van der Waals surface area contributed by atoms with Crippen LogP contribution in [0.1, 0.15) is 149 Å². The summed E-state index contributed by atoms with van der Waals surface area (Å²) in [7, 11) is 0. The second kappa shape index (κ2) is 21.0. The number of rotatable bonds is 20. The average Bonchev–Trinajstić information content (AvgIpc) is 2.60. The normalized spacial score (nSPS) is 11.5. The fourth-order valence-electron chi connectivity index (χ4n) is 3.66. The van der Waals surface area contributed by atoms with Crippen LogP contribution in [0.15, 0.2) is 0 Å². The Labute approximate surface area is 155 Å². The predicted molar refractivity (Wildman–Crippen MR) is 113 cm³/mol. The summed E-state index contributed by atoms with van der Waals surface area (Å²) in [5.74, 6) is 1.91. The molecular weight excluding hydrogens is 288 g/mol. The zero-order valence-electron chi connectivity index (χ0n) is 17.6. The molecule has 0 aliphatic carbocycles. The molecule has 145 valence electrons. The van der Waals surface area contributed by atoms with E-state index in [1.807, 2.05) is 5.92 Å². The van der Waals surface area contributed by atoms with Crippen molar-refractivity contribution in [2.45, 2.75) is 149 Å². The Balaban J connectivity index is 3.70. The summed E-state index contributed by atoms with van der Waals surface area (Å²) in [5.41, 5.74) is 0. The number of hydrogen-bond donors (Lipinski definition) is 0. The minimum Gasteiger partial charge on any atom is -0.0654 e. The van der Waals surface area contributed by atoms with E-state index in [-0.39, 0.29) is 0 Å². The lowest BCUT2D eigenvalue weighted by Gasteiger charge is -2.16. The van der Waals surface area contributed by atoms with E-state index in [0.717, 1.165) is 0 Å². The van der Waals surface area contributed by atoms with Crippen LogP contribution in [-0.2, 0) is 0 Å². The molecule has 0 heterocycles. The number of unbranched alkanes of at least 4 members (excludes halogenated alkanes) is 14. The van der Waals surface area contributed by atoms with Gasteiger partial charge in [-0.05, 0) is 25.2 Å². The van der Waals surface area contributed by atoms with Gasteiger partial charge in [-0.2, -0.15) is 0 Å². The van der Waals surface area contributed by atoms with Crippen LogP contribution in [0, 0.1) is 5.92 Å². The zero-order valence-corrected chi connectivity index (χ0v) is 17.6. The van der Waals surface area contributed by atoms with Crippen LogP contribution in [0.5, 0.6) is 0 Å². The second-order valence-electron chi connectivity index (χ2n) is 7.95. The van der Waals surface area contributed by atoms with Crippen LogP contribution in [0.2, 0.25) is 0 Å². The molecule has 0 aromatic heterocycles. The highest BCUT2D eigenvalue weighted by Gasteiger charge is 2.09. The topological polar surface area (TPSA) is 0 Å². The van der Waals surface area contributed by atoms with Crippen LogP contribution >= 0.6 is 0 Å². The molecule has 0 aliphatic heterocycles. The maximum Gasteiger partial charge on any atom is -0.0241 e. The van der Waals surface area contributed by atoms with E-state index < -0.39 is 0 Å². The third-order valence-corrected chi connectivity index (χ3v) is 5.40. The molecule has 0 heteroatoms. The SMILES string of the molecule is CCCCCCCCC[C](CCCCCC)CCCCCCCC. The Bertz CT molecular complexity index is 208. The molecule has 0 aliphatic rings. The van der Waals surface area contributed by atoms with Crippen LogP contribution in [-0.4, -0.2) is 0 Å². The zero-order chi connectivity index (χ0) is 17.7. The molecule has 0 aromatic rings. The average molecular weight is 338 g/mol. The predicted octanol–water partition coefficient (Wildman–Crippen LogP) is 9.42. The highest BCUT2D eigenvalue weighted by Crippen LogP contribution is 2.26. The molecule has 0 rings (SSSR count). The van der Waals surface area contributed by atoms with Gasteiger partial charge in [0.2, 0.25) is 0 Å². The van der Waals surface area contributed by atoms with Gasteiger partial charge in [0.25, 0.3) is 0 Å². The van der Waals surface area contributed by atoms with E-state index in [0.29, 0.717) is 0 Å². The van der Waals surface area contributed by atoms with Crippen molar-refractivity contribution in [1.29, 1.82) is 0 Å². The minimum atomic E-state index is 1.37. The smallest absolute Gasteiger partial charge is 0.0241 e. The Morgan fingerprint density at radius 2 is 0.583 bits per heavy atom. The van der Waals surface area contributed by atoms with Gasteiger partial charge in [-0.15, -0.1) is 0 Å². The molecule has 0 amide bonds. The first-order valence-electron chi connectivity index (χ1n) is 11.7. The molecule has 0 fully saturated rings. The molecular formula is C24H49. The van der Waals surface area contributed by atoms with Gasteiger partial charge in [-0.1, -0.05) is 130 Å². The minimum absolute atomic E-state index is 1.37. The summed E-state index contributed by atoms with van der Waals surface area (Å²) in [6, 6.07) is 0. The summed E-state index contributed by atoms with van der Waals surface area (Å²) >= 11 is 0. The maximum atomic E-state index is 2.32. The van der Waals surface area contributed by atoms with E-state index in [1.165, 1.54) is 128 Å². The Hall–Kier alpha value is 0.